The van der Waals surface area contributed by atoms with Crippen LogP contribution in [0, 0.1) is 5.92 Å². The Morgan fingerprint density at radius 2 is 1.71 bits per heavy atom. The van der Waals surface area contributed by atoms with Gasteiger partial charge < -0.3 is 10.4 Å². The number of aryl methyl sites for hydroxylation is 1. The highest BCUT2D eigenvalue weighted by Gasteiger charge is 2.28. The van der Waals surface area contributed by atoms with Gasteiger partial charge in [0.05, 0.1) is 0 Å². The zero-order chi connectivity index (χ0) is 16.9. The maximum atomic E-state index is 12.5. The van der Waals surface area contributed by atoms with E-state index in [4.69, 9.17) is 0 Å². The molecule has 0 heterocycles. The maximum absolute atomic E-state index is 12.5. The summed E-state index contributed by atoms with van der Waals surface area (Å²) in [4.78, 5) is 24.0. The van der Waals surface area contributed by atoms with E-state index in [1.807, 2.05) is 48.5 Å². The van der Waals surface area contributed by atoms with Gasteiger partial charge in [-0.1, -0.05) is 54.6 Å². The molecule has 4 heteroatoms. The molecule has 1 amide bonds. The fraction of sp³-hybridized carbons (Fsp3) is 0.300. The van der Waals surface area contributed by atoms with Crippen LogP contribution in [0.2, 0.25) is 0 Å². The number of carboxylic acid groups (broad SMARTS) is 1. The van der Waals surface area contributed by atoms with E-state index in [1.165, 1.54) is 11.1 Å². The first-order valence-corrected chi connectivity index (χ1v) is 8.27. The smallest absolute Gasteiger partial charge is 0.326 e. The summed E-state index contributed by atoms with van der Waals surface area (Å²) in [6, 6.07) is 16.6. The molecule has 124 valence electrons. The molecule has 1 aliphatic rings. The number of fused-ring (bicyclic) bond motifs is 1. The minimum Gasteiger partial charge on any atom is -0.480 e. The SMILES string of the molecule is O=C(N[C@@H](Cc1ccccc1)C(=O)O)C1CCc2ccccc2C1. The highest BCUT2D eigenvalue weighted by Crippen LogP contribution is 2.25. The van der Waals surface area contributed by atoms with Crippen LogP contribution in [-0.4, -0.2) is 23.0 Å². The predicted octanol–water partition coefficient (Wildman–Crippen LogP) is 2.60. The van der Waals surface area contributed by atoms with Gasteiger partial charge >= 0.3 is 5.97 Å². The lowest BCUT2D eigenvalue weighted by Gasteiger charge is -2.25. The third-order valence-electron chi connectivity index (χ3n) is 4.61. The molecule has 1 unspecified atom stereocenters. The Labute approximate surface area is 141 Å². The van der Waals surface area contributed by atoms with Crippen LogP contribution in [0.15, 0.2) is 54.6 Å². The molecule has 2 atom stereocenters. The van der Waals surface area contributed by atoms with Crippen LogP contribution in [0.5, 0.6) is 0 Å². The van der Waals surface area contributed by atoms with Crippen LogP contribution in [0.1, 0.15) is 23.1 Å². The van der Waals surface area contributed by atoms with Crippen molar-refractivity contribution in [1.82, 2.24) is 5.32 Å². The minimum atomic E-state index is -0.997. The lowest BCUT2D eigenvalue weighted by atomic mass is 9.83. The second kappa shape index (κ2) is 7.30. The largest absolute Gasteiger partial charge is 0.480 e. The van der Waals surface area contributed by atoms with Crippen molar-refractivity contribution in [3.8, 4) is 0 Å². The molecule has 0 radical (unpaired) electrons. The van der Waals surface area contributed by atoms with E-state index in [0.717, 1.165) is 18.4 Å². The number of rotatable bonds is 5. The van der Waals surface area contributed by atoms with E-state index in [-0.39, 0.29) is 11.8 Å². The maximum Gasteiger partial charge on any atom is 0.326 e. The lowest BCUT2D eigenvalue weighted by Crippen LogP contribution is -2.46. The molecule has 0 aliphatic heterocycles. The van der Waals surface area contributed by atoms with Gasteiger partial charge in [-0.05, 0) is 36.0 Å². The van der Waals surface area contributed by atoms with E-state index < -0.39 is 12.0 Å². The number of amides is 1. The van der Waals surface area contributed by atoms with Crippen molar-refractivity contribution in [2.45, 2.75) is 31.7 Å². The summed E-state index contributed by atoms with van der Waals surface area (Å²) in [5, 5.41) is 12.2. The highest BCUT2D eigenvalue weighted by atomic mass is 16.4. The number of carbonyl (C=O) groups excluding carboxylic acids is 1. The van der Waals surface area contributed by atoms with Crippen LogP contribution < -0.4 is 5.32 Å². The lowest BCUT2D eigenvalue weighted by molar-refractivity contribution is -0.142. The van der Waals surface area contributed by atoms with E-state index >= 15 is 0 Å². The quantitative estimate of drug-likeness (QED) is 0.889. The fourth-order valence-electron chi connectivity index (χ4n) is 3.26. The average Bonchev–Trinajstić information content (AvgIpc) is 2.61. The Kier molecular flexibility index (Phi) is 4.94. The molecule has 0 fully saturated rings. The molecular formula is C20H21NO3. The van der Waals surface area contributed by atoms with Gasteiger partial charge in [-0.25, -0.2) is 4.79 Å². The summed E-state index contributed by atoms with van der Waals surface area (Å²) in [6.45, 7) is 0. The molecule has 0 saturated carbocycles. The Hall–Kier alpha value is -2.62. The summed E-state index contributed by atoms with van der Waals surface area (Å²) >= 11 is 0. The van der Waals surface area contributed by atoms with Crippen LogP contribution in [0.25, 0.3) is 0 Å². The normalized spacial score (nSPS) is 17.6. The van der Waals surface area contributed by atoms with Crippen molar-refractivity contribution in [3.63, 3.8) is 0 Å². The van der Waals surface area contributed by atoms with Crippen molar-refractivity contribution >= 4 is 11.9 Å². The second-order valence-electron chi connectivity index (χ2n) is 6.30. The van der Waals surface area contributed by atoms with Gasteiger partial charge in [0, 0.05) is 12.3 Å². The number of hydrogen-bond donors (Lipinski definition) is 2. The molecule has 3 rings (SSSR count). The molecule has 0 aromatic heterocycles. The zero-order valence-electron chi connectivity index (χ0n) is 13.4. The molecule has 2 aromatic rings. The molecule has 0 saturated heterocycles. The van der Waals surface area contributed by atoms with Gasteiger partial charge in [0.25, 0.3) is 0 Å². The van der Waals surface area contributed by atoms with Crippen molar-refractivity contribution in [2.24, 2.45) is 5.92 Å². The Morgan fingerprint density at radius 3 is 2.42 bits per heavy atom. The molecule has 0 bridgehead atoms. The minimum absolute atomic E-state index is 0.155. The Balaban J connectivity index is 1.65. The van der Waals surface area contributed by atoms with Crippen LogP contribution in [0.3, 0.4) is 0 Å². The first kappa shape index (κ1) is 16.2. The number of nitrogens with one attached hydrogen (secondary N) is 1. The molecule has 0 spiro atoms. The first-order chi connectivity index (χ1) is 11.6. The van der Waals surface area contributed by atoms with Gasteiger partial charge in [0.1, 0.15) is 6.04 Å². The third-order valence-corrected chi connectivity index (χ3v) is 4.61. The Bertz CT molecular complexity index is 727. The number of carbonyl (C=O) groups is 2. The molecule has 1 aliphatic carbocycles. The second-order valence-corrected chi connectivity index (χ2v) is 6.30. The number of aliphatic carboxylic acids is 1. The standard InChI is InChI=1S/C20H21NO3/c22-19(17-11-10-15-8-4-5-9-16(15)13-17)21-18(20(23)24)12-14-6-2-1-3-7-14/h1-9,17-18H,10-13H2,(H,21,22)(H,23,24)/t17?,18-/m0/s1. The van der Waals surface area contributed by atoms with E-state index in [1.54, 1.807) is 0 Å². The van der Waals surface area contributed by atoms with Crippen molar-refractivity contribution in [3.05, 3.63) is 71.3 Å². The van der Waals surface area contributed by atoms with Crippen LogP contribution in [0.4, 0.5) is 0 Å². The summed E-state index contributed by atoms with van der Waals surface area (Å²) in [7, 11) is 0. The molecule has 4 nitrogen and oxygen atoms in total. The number of benzene rings is 2. The molecule has 2 N–H and O–H groups in total. The Morgan fingerprint density at radius 1 is 1.04 bits per heavy atom. The van der Waals surface area contributed by atoms with E-state index in [9.17, 15) is 14.7 Å². The molecular weight excluding hydrogens is 302 g/mol. The summed E-state index contributed by atoms with van der Waals surface area (Å²) in [6.07, 6.45) is 2.61. The molecule has 2 aromatic carbocycles. The van der Waals surface area contributed by atoms with Crippen LogP contribution >= 0.6 is 0 Å². The predicted molar refractivity (Wildman–Crippen MR) is 91.7 cm³/mol. The van der Waals surface area contributed by atoms with Crippen LogP contribution in [-0.2, 0) is 28.9 Å². The third kappa shape index (κ3) is 3.82. The van der Waals surface area contributed by atoms with Gasteiger partial charge in [0.15, 0.2) is 0 Å². The summed E-state index contributed by atoms with van der Waals surface area (Å²) in [5.41, 5.74) is 3.39. The zero-order valence-corrected chi connectivity index (χ0v) is 13.4. The summed E-state index contributed by atoms with van der Waals surface area (Å²) < 4.78 is 0. The van der Waals surface area contributed by atoms with Crippen molar-refractivity contribution in [1.29, 1.82) is 0 Å². The van der Waals surface area contributed by atoms with Gasteiger partial charge in [-0.3, -0.25) is 4.79 Å². The number of carboxylic acids is 1. The molecule has 24 heavy (non-hydrogen) atoms. The monoisotopic (exact) mass is 323 g/mol. The van der Waals surface area contributed by atoms with Gasteiger partial charge in [-0.15, -0.1) is 0 Å². The highest BCUT2D eigenvalue weighted by molar-refractivity contribution is 5.85. The van der Waals surface area contributed by atoms with Crippen molar-refractivity contribution < 1.29 is 14.7 Å². The fourth-order valence-corrected chi connectivity index (χ4v) is 3.26. The topological polar surface area (TPSA) is 66.4 Å². The first-order valence-electron chi connectivity index (χ1n) is 8.27. The number of hydrogen-bond acceptors (Lipinski definition) is 2. The van der Waals surface area contributed by atoms with Gasteiger partial charge in [0.2, 0.25) is 5.91 Å². The average molecular weight is 323 g/mol. The van der Waals surface area contributed by atoms with Crippen molar-refractivity contribution in [2.75, 3.05) is 0 Å². The summed E-state index contributed by atoms with van der Waals surface area (Å²) in [5.74, 6) is -1.31. The van der Waals surface area contributed by atoms with E-state index in [0.29, 0.717) is 12.8 Å². The van der Waals surface area contributed by atoms with E-state index in [2.05, 4.69) is 11.4 Å². The van der Waals surface area contributed by atoms with Gasteiger partial charge in [-0.2, -0.15) is 0 Å².